The third-order valence-corrected chi connectivity index (χ3v) is 6.29. The number of nitrogens with zero attached hydrogens (tertiary/aromatic N) is 7. The van der Waals surface area contributed by atoms with Crippen molar-refractivity contribution in [1.82, 2.24) is 20.3 Å². The summed E-state index contributed by atoms with van der Waals surface area (Å²) in [5.41, 5.74) is 0.880. The molecule has 1 amide bonds. The summed E-state index contributed by atoms with van der Waals surface area (Å²) in [4.78, 5) is 27.1. The summed E-state index contributed by atoms with van der Waals surface area (Å²) in [5, 5.41) is 42.2. The number of phenolic OH excluding ortho intramolecular Hbond substituents is 1. The third kappa shape index (κ3) is 18.5. The van der Waals surface area contributed by atoms with E-state index in [4.69, 9.17) is 10.5 Å². The van der Waals surface area contributed by atoms with Gasteiger partial charge in [0.05, 0.1) is 22.6 Å². The monoisotopic (exact) mass is 795 g/mol. The molecule has 0 atom stereocenters. The van der Waals surface area contributed by atoms with Gasteiger partial charge in [0, 0.05) is 85.4 Å². The van der Waals surface area contributed by atoms with Crippen LogP contribution < -0.4 is 15.1 Å². The van der Waals surface area contributed by atoms with Gasteiger partial charge in [-0.2, -0.15) is 24.4 Å². The Morgan fingerprint density at radius 2 is 1.43 bits per heavy atom. The second-order valence-electron chi connectivity index (χ2n) is 8.84. The summed E-state index contributed by atoms with van der Waals surface area (Å²) in [6, 6.07) is 18.2. The molecular weight excluding hydrogens is 749 g/mol. The van der Waals surface area contributed by atoms with Gasteiger partial charge < -0.3 is 20.2 Å². The number of anilines is 2. The number of phenols is 1. The van der Waals surface area contributed by atoms with E-state index in [1.54, 1.807) is 24.3 Å². The minimum atomic E-state index is -0.177. The molecule has 0 saturated carbocycles. The molecule has 1 aromatic heterocycles. The fraction of sp³-hybridized carbons (Fsp3) is 0.355. The number of aromatic nitrogens is 3. The average Bonchev–Trinajstić information content (AvgIpc) is 3.11. The molecule has 0 spiro atoms. The van der Waals surface area contributed by atoms with Crippen molar-refractivity contribution >= 4 is 64.0 Å². The fourth-order valence-corrected chi connectivity index (χ4v) is 3.91. The topological polar surface area (TPSA) is 187 Å². The smallest absolute Gasteiger partial charge is 0.232 e. The van der Waals surface area contributed by atoms with Crippen molar-refractivity contribution in [3.05, 3.63) is 66.5 Å². The molecule has 4 aromatic rings. The van der Waals surface area contributed by atoms with Crippen LogP contribution in [0.3, 0.4) is 0 Å². The Balaban J connectivity index is 0. The van der Waals surface area contributed by atoms with E-state index in [0.29, 0.717) is 39.9 Å². The van der Waals surface area contributed by atoms with E-state index < -0.39 is 0 Å². The standard InChI is InChI=1S/C16H12N2O4S.C8H15N5.C3H7NO3S.2C2H6.Y/c19-16-13-9-5-4-6-11(13)10-14(23-22-21-20)15(16)18-17-12-7-2-1-3-8-12;1-6-9-7(12(2)3)11-8(10-6)13(4)5;1-4-3(5)2-8-7-6;2*1-2;/h1-10,19-20H;1-5H3;6H,2H2,1H3,(H,4,5);2*1-2H3;. The first-order valence-electron chi connectivity index (χ1n) is 14.7. The predicted molar refractivity (Wildman–Crippen MR) is 193 cm³/mol. The fourth-order valence-electron chi connectivity index (χ4n) is 3.11. The zero-order valence-electron chi connectivity index (χ0n) is 29.5. The minimum absolute atomic E-state index is 0. The van der Waals surface area contributed by atoms with Gasteiger partial charge in [-0.15, -0.1) is 9.45 Å². The molecule has 49 heavy (non-hydrogen) atoms. The maximum absolute atomic E-state index is 10.5. The average molecular weight is 796 g/mol. The van der Waals surface area contributed by atoms with Crippen LogP contribution >= 0.6 is 24.1 Å². The van der Waals surface area contributed by atoms with Gasteiger partial charge in [0.2, 0.25) is 17.8 Å². The second kappa shape index (κ2) is 28.8. The molecule has 4 rings (SSSR count). The van der Waals surface area contributed by atoms with E-state index in [0.717, 1.165) is 23.3 Å². The molecule has 0 fully saturated rings. The van der Waals surface area contributed by atoms with Gasteiger partial charge in [0.25, 0.3) is 0 Å². The van der Waals surface area contributed by atoms with Crippen molar-refractivity contribution in [2.24, 2.45) is 10.2 Å². The molecule has 0 saturated heterocycles. The van der Waals surface area contributed by atoms with Crippen LogP contribution in [0.5, 0.6) is 5.75 Å². The molecule has 3 aromatic carbocycles. The number of carbonyl (C=O) groups excluding carboxylic acids is 1. The number of carbonyl (C=O) groups is 1. The van der Waals surface area contributed by atoms with Crippen LogP contribution in [-0.2, 0) is 51.2 Å². The normalized spacial score (nSPS) is 9.63. The molecule has 1 heterocycles. The quantitative estimate of drug-likeness (QED) is 0.0531. The van der Waals surface area contributed by atoms with E-state index in [1.807, 2.05) is 109 Å². The van der Waals surface area contributed by atoms with Gasteiger partial charge in [0.15, 0.2) is 5.75 Å². The number of rotatable bonds is 10. The molecule has 4 N–H and O–H groups in total. The van der Waals surface area contributed by atoms with E-state index >= 15 is 0 Å². The van der Waals surface area contributed by atoms with Gasteiger partial charge in [-0.3, -0.25) is 4.79 Å². The number of benzene rings is 3. The number of amides is 1. The Bertz CT molecular complexity index is 1480. The van der Waals surface area contributed by atoms with Crippen LogP contribution in [0.4, 0.5) is 23.3 Å². The van der Waals surface area contributed by atoms with E-state index in [2.05, 4.69) is 44.2 Å². The Hall–Kier alpha value is -3.00. The van der Waals surface area contributed by atoms with E-state index in [1.165, 1.54) is 7.05 Å². The van der Waals surface area contributed by atoms with E-state index in [9.17, 15) is 9.90 Å². The van der Waals surface area contributed by atoms with Crippen LogP contribution in [-0.4, -0.2) is 77.5 Å². The first-order chi connectivity index (χ1) is 23.1. The SMILES string of the molecule is CC.CC.CNC(=O)CSOO.Cc1nc(N(C)C)nc(N(C)C)n1.OOOSc1cc2ccccc2c(O)c1N=Nc1ccccc1.[Y]. The number of hydrogen-bond donors (Lipinski definition) is 4. The molecule has 0 bridgehead atoms. The summed E-state index contributed by atoms with van der Waals surface area (Å²) in [6.45, 7) is 9.86. The number of hydrogen-bond acceptors (Lipinski definition) is 16. The Morgan fingerprint density at radius 3 is 1.94 bits per heavy atom. The second-order valence-corrected chi connectivity index (χ2v) is 10.3. The van der Waals surface area contributed by atoms with Crippen LogP contribution in [0.15, 0.2) is 75.8 Å². The number of aryl methyl sites for hydroxylation is 1. The molecule has 0 aliphatic carbocycles. The number of azo groups is 1. The zero-order chi connectivity index (χ0) is 36.5. The Kier molecular flexibility index (Phi) is 28.3. The number of nitrogens with one attached hydrogen (secondary N) is 1. The van der Waals surface area contributed by atoms with Crippen molar-refractivity contribution in [1.29, 1.82) is 0 Å². The van der Waals surface area contributed by atoms with Crippen LogP contribution in [0.1, 0.15) is 33.5 Å². The predicted octanol–water partition coefficient (Wildman–Crippen LogP) is 7.62. The number of fused-ring (bicyclic) bond motifs is 1. The molecule has 267 valence electrons. The molecule has 1 radical (unpaired) electrons. The largest absolute Gasteiger partial charge is 0.505 e. The van der Waals surface area contributed by atoms with Gasteiger partial charge in [-0.25, -0.2) is 10.5 Å². The summed E-state index contributed by atoms with van der Waals surface area (Å²) < 4.78 is 8.05. The summed E-state index contributed by atoms with van der Waals surface area (Å²) in [7, 11) is 9.16. The summed E-state index contributed by atoms with van der Waals surface area (Å²) in [5.74, 6) is 2.04. The van der Waals surface area contributed by atoms with Gasteiger partial charge in [0.1, 0.15) is 17.3 Å². The number of aromatic hydroxyl groups is 1. The zero-order valence-corrected chi connectivity index (χ0v) is 34.0. The van der Waals surface area contributed by atoms with E-state index in [-0.39, 0.29) is 55.8 Å². The summed E-state index contributed by atoms with van der Waals surface area (Å²) >= 11 is 1.41. The third-order valence-electron chi connectivity index (χ3n) is 5.18. The first kappa shape index (κ1) is 48.1. The molecule has 15 nitrogen and oxygen atoms in total. The molecule has 18 heteroatoms. The van der Waals surface area contributed by atoms with Crippen molar-refractivity contribution in [2.45, 2.75) is 39.5 Å². The van der Waals surface area contributed by atoms with Crippen LogP contribution in [0, 0.1) is 6.92 Å². The molecule has 0 unspecified atom stereocenters. The van der Waals surface area contributed by atoms with Gasteiger partial charge in [-0.1, -0.05) is 75.2 Å². The Morgan fingerprint density at radius 1 is 0.878 bits per heavy atom. The minimum Gasteiger partial charge on any atom is -0.505 e. The van der Waals surface area contributed by atoms with Gasteiger partial charge in [-0.05, 0) is 30.5 Å². The molecule has 0 aliphatic rings. The van der Waals surface area contributed by atoms with Gasteiger partial charge >= 0.3 is 0 Å². The van der Waals surface area contributed by atoms with Crippen molar-refractivity contribution in [3.8, 4) is 5.75 Å². The maximum Gasteiger partial charge on any atom is 0.232 e. The molecular formula is C31H46N8O7S2Y. The van der Waals surface area contributed by atoms with Crippen molar-refractivity contribution < 1.29 is 66.8 Å². The van der Waals surface area contributed by atoms with Crippen molar-refractivity contribution in [2.75, 3.05) is 50.8 Å². The van der Waals surface area contributed by atoms with Crippen molar-refractivity contribution in [3.63, 3.8) is 0 Å². The first-order valence-corrected chi connectivity index (χ1v) is 16.3. The summed E-state index contributed by atoms with van der Waals surface area (Å²) in [6.07, 6.45) is 0. The Labute approximate surface area is 322 Å². The van der Waals surface area contributed by atoms with Crippen LogP contribution in [0.25, 0.3) is 10.8 Å². The maximum atomic E-state index is 10.5. The van der Waals surface area contributed by atoms with Crippen LogP contribution in [0.2, 0.25) is 0 Å². The molecule has 0 aliphatic heterocycles.